The van der Waals surface area contributed by atoms with Crippen molar-refractivity contribution in [3.8, 4) is 0 Å². The molecule has 112 valence electrons. The molecule has 0 radical (unpaired) electrons. The first-order valence-corrected chi connectivity index (χ1v) is 7.12. The molecule has 0 heterocycles. The van der Waals surface area contributed by atoms with E-state index in [1.807, 2.05) is 0 Å². The van der Waals surface area contributed by atoms with Gasteiger partial charge in [-0.05, 0) is 29.9 Å². The highest BCUT2D eigenvalue weighted by atomic mass is 19.1. The van der Waals surface area contributed by atoms with Gasteiger partial charge in [0.25, 0.3) is 5.91 Å². The van der Waals surface area contributed by atoms with Gasteiger partial charge in [0.05, 0.1) is 11.3 Å². The van der Waals surface area contributed by atoms with Crippen molar-refractivity contribution >= 4 is 11.6 Å². The molecule has 0 bridgehead atoms. The zero-order chi connectivity index (χ0) is 15.3. The summed E-state index contributed by atoms with van der Waals surface area (Å²) < 4.78 is 13.6. The Kier molecular flexibility index (Phi) is 5.99. The average molecular weight is 280 g/mol. The van der Waals surface area contributed by atoms with E-state index in [4.69, 9.17) is 0 Å². The van der Waals surface area contributed by atoms with Gasteiger partial charge < -0.3 is 10.6 Å². The number of anilines is 1. The fourth-order valence-electron chi connectivity index (χ4n) is 2.51. The number of hydrogen-bond acceptors (Lipinski definition) is 2. The van der Waals surface area contributed by atoms with Crippen molar-refractivity contribution in [1.29, 1.82) is 0 Å². The van der Waals surface area contributed by atoms with Crippen LogP contribution in [0.5, 0.6) is 0 Å². The maximum absolute atomic E-state index is 13.6. The van der Waals surface area contributed by atoms with Gasteiger partial charge >= 0.3 is 0 Å². The van der Waals surface area contributed by atoms with Crippen molar-refractivity contribution < 1.29 is 9.18 Å². The van der Waals surface area contributed by atoms with E-state index in [2.05, 4.69) is 38.3 Å². The molecule has 2 N–H and O–H groups in total. The fourth-order valence-corrected chi connectivity index (χ4v) is 2.51. The zero-order valence-electron chi connectivity index (χ0n) is 13.0. The molecule has 0 unspecified atom stereocenters. The molecular weight excluding hydrogens is 255 g/mol. The second kappa shape index (κ2) is 7.27. The van der Waals surface area contributed by atoms with E-state index < -0.39 is 5.82 Å². The Labute approximate surface area is 121 Å². The molecule has 0 aliphatic heterocycles. The zero-order valence-corrected chi connectivity index (χ0v) is 13.0. The van der Waals surface area contributed by atoms with Gasteiger partial charge in [-0.3, -0.25) is 4.79 Å². The molecule has 3 nitrogen and oxygen atoms in total. The molecule has 0 saturated carbocycles. The Bertz CT molecular complexity index is 450. The first kappa shape index (κ1) is 16.5. The number of para-hydroxylation sites is 1. The minimum Gasteiger partial charge on any atom is -0.385 e. The maximum Gasteiger partial charge on any atom is 0.253 e. The highest BCUT2D eigenvalue weighted by Gasteiger charge is 2.20. The summed E-state index contributed by atoms with van der Waals surface area (Å²) >= 11 is 0. The van der Waals surface area contributed by atoms with Crippen molar-refractivity contribution in [3.63, 3.8) is 0 Å². The first-order chi connectivity index (χ1) is 9.38. The third-order valence-electron chi connectivity index (χ3n) is 3.72. The van der Waals surface area contributed by atoms with Crippen molar-refractivity contribution in [1.82, 2.24) is 5.32 Å². The van der Waals surface area contributed by atoms with Gasteiger partial charge in [0, 0.05) is 13.6 Å². The van der Waals surface area contributed by atoms with Crippen molar-refractivity contribution in [2.24, 2.45) is 17.8 Å². The number of benzene rings is 1. The highest BCUT2D eigenvalue weighted by molar-refractivity contribution is 5.99. The Morgan fingerprint density at radius 2 is 1.80 bits per heavy atom. The highest BCUT2D eigenvalue weighted by Crippen LogP contribution is 2.21. The Morgan fingerprint density at radius 3 is 2.30 bits per heavy atom. The lowest BCUT2D eigenvalue weighted by atomic mass is 9.85. The smallest absolute Gasteiger partial charge is 0.253 e. The van der Waals surface area contributed by atoms with Crippen LogP contribution in [-0.4, -0.2) is 19.5 Å². The molecule has 0 aliphatic rings. The molecule has 1 rings (SSSR count). The average Bonchev–Trinajstić information content (AvgIpc) is 2.37. The summed E-state index contributed by atoms with van der Waals surface area (Å²) in [5.74, 6) is 0.744. The number of nitrogens with one attached hydrogen (secondary N) is 2. The minimum absolute atomic E-state index is 0.236. The summed E-state index contributed by atoms with van der Waals surface area (Å²) in [5.41, 5.74) is 0.592. The lowest BCUT2D eigenvalue weighted by molar-refractivity contribution is 0.0937. The Hall–Kier alpha value is -1.58. The monoisotopic (exact) mass is 280 g/mol. The lowest BCUT2D eigenvalue weighted by Gasteiger charge is -2.25. The summed E-state index contributed by atoms with van der Waals surface area (Å²) in [5, 5.41) is 5.66. The van der Waals surface area contributed by atoms with Gasteiger partial charge in [-0.1, -0.05) is 33.8 Å². The lowest BCUT2D eigenvalue weighted by Crippen LogP contribution is -2.34. The number of carbonyl (C=O) groups is 1. The molecule has 1 aromatic rings. The molecule has 0 aromatic heterocycles. The molecule has 0 spiro atoms. The molecular formula is C16H25FN2O. The SMILES string of the molecule is CNc1c(F)cccc1C(=O)NCC(C(C)C)C(C)C. The fraction of sp³-hybridized carbons (Fsp3) is 0.562. The quantitative estimate of drug-likeness (QED) is 0.837. The number of amides is 1. The van der Waals surface area contributed by atoms with Gasteiger partial charge in [0.2, 0.25) is 0 Å². The van der Waals surface area contributed by atoms with E-state index in [1.54, 1.807) is 19.2 Å². The topological polar surface area (TPSA) is 41.1 Å². The van der Waals surface area contributed by atoms with Gasteiger partial charge in [-0.15, -0.1) is 0 Å². The molecule has 1 amide bonds. The van der Waals surface area contributed by atoms with Gasteiger partial charge in [0.1, 0.15) is 5.82 Å². The van der Waals surface area contributed by atoms with Crippen LogP contribution in [0.15, 0.2) is 18.2 Å². The van der Waals surface area contributed by atoms with Gasteiger partial charge in [-0.25, -0.2) is 4.39 Å². The summed E-state index contributed by atoms with van der Waals surface area (Å²) in [6.07, 6.45) is 0. The van der Waals surface area contributed by atoms with Crippen molar-refractivity contribution in [2.75, 3.05) is 18.9 Å². The van der Waals surface area contributed by atoms with Crippen molar-refractivity contribution in [3.05, 3.63) is 29.6 Å². The van der Waals surface area contributed by atoms with E-state index in [-0.39, 0.29) is 11.6 Å². The van der Waals surface area contributed by atoms with Crippen LogP contribution in [-0.2, 0) is 0 Å². The summed E-state index contributed by atoms with van der Waals surface area (Å²) in [7, 11) is 1.61. The largest absolute Gasteiger partial charge is 0.385 e. The molecule has 0 fully saturated rings. The van der Waals surface area contributed by atoms with E-state index >= 15 is 0 Å². The van der Waals surface area contributed by atoms with Crippen LogP contribution in [0.1, 0.15) is 38.1 Å². The van der Waals surface area contributed by atoms with Crippen LogP contribution >= 0.6 is 0 Å². The van der Waals surface area contributed by atoms with Crippen LogP contribution in [0.4, 0.5) is 10.1 Å². The number of hydrogen-bond donors (Lipinski definition) is 2. The standard InChI is InChI=1S/C16H25FN2O/c1-10(2)13(11(3)4)9-19-16(20)12-7-6-8-14(17)15(12)18-5/h6-8,10-11,13,18H,9H2,1-5H3,(H,19,20). The Morgan fingerprint density at radius 1 is 1.20 bits per heavy atom. The maximum atomic E-state index is 13.6. The van der Waals surface area contributed by atoms with Crippen LogP contribution in [0.2, 0.25) is 0 Å². The predicted molar refractivity (Wildman–Crippen MR) is 81.4 cm³/mol. The van der Waals surface area contributed by atoms with E-state index in [9.17, 15) is 9.18 Å². The summed E-state index contributed by atoms with van der Waals surface area (Å²) in [6.45, 7) is 9.21. The number of halogens is 1. The van der Waals surface area contributed by atoms with Gasteiger partial charge in [-0.2, -0.15) is 0 Å². The number of rotatable bonds is 6. The predicted octanol–water partition coefficient (Wildman–Crippen LogP) is 3.53. The molecule has 0 saturated heterocycles. The molecule has 20 heavy (non-hydrogen) atoms. The van der Waals surface area contributed by atoms with Crippen molar-refractivity contribution in [2.45, 2.75) is 27.7 Å². The summed E-state index contributed by atoms with van der Waals surface area (Å²) in [6, 6.07) is 4.52. The van der Waals surface area contributed by atoms with Crippen LogP contribution in [0, 0.1) is 23.6 Å². The first-order valence-electron chi connectivity index (χ1n) is 7.12. The number of carbonyl (C=O) groups excluding carboxylic acids is 1. The molecule has 1 aromatic carbocycles. The molecule has 0 aliphatic carbocycles. The third-order valence-corrected chi connectivity index (χ3v) is 3.72. The van der Waals surface area contributed by atoms with Crippen LogP contribution in [0.3, 0.4) is 0 Å². The minimum atomic E-state index is -0.413. The Balaban J connectivity index is 2.79. The van der Waals surface area contributed by atoms with E-state index in [0.29, 0.717) is 29.9 Å². The molecule has 0 atom stereocenters. The second-order valence-electron chi connectivity index (χ2n) is 5.77. The summed E-state index contributed by atoms with van der Waals surface area (Å²) in [4.78, 5) is 12.2. The second-order valence-corrected chi connectivity index (χ2v) is 5.77. The third kappa shape index (κ3) is 3.95. The van der Waals surface area contributed by atoms with E-state index in [0.717, 1.165) is 0 Å². The van der Waals surface area contributed by atoms with E-state index in [1.165, 1.54) is 6.07 Å². The van der Waals surface area contributed by atoms with Crippen LogP contribution < -0.4 is 10.6 Å². The van der Waals surface area contributed by atoms with Gasteiger partial charge in [0.15, 0.2) is 0 Å². The van der Waals surface area contributed by atoms with Crippen LogP contribution in [0.25, 0.3) is 0 Å². The molecule has 4 heteroatoms. The normalized spacial score (nSPS) is 11.2.